The van der Waals surface area contributed by atoms with Gasteiger partial charge in [0.2, 0.25) is 0 Å². The van der Waals surface area contributed by atoms with Gasteiger partial charge in [0.05, 0.1) is 0 Å². The Morgan fingerprint density at radius 3 is 2.25 bits per heavy atom. The highest BCUT2D eigenvalue weighted by atomic mass is 15.4. The molecule has 1 heterocycles. The summed E-state index contributed by atoms with van der Waals surface area (Å²) in [5.41, 5.74) is 6.42. The number of allylic oxidation sites excluding steroid dienone is 1. The molecular formula is C6H12N2. The first-order chi connectivity index (χ1) is 3.89. The summed E-state index contributed by atoms with van der Waals surface area (Å²) in [6, 6.07) is 0. The van der Waals surface area contributed by atoms with Crippen LogP contribution in [-0.4, -0.2) is 0 Å². The third-order valence-corrected chi connectivity index (χ3v) is 0.601. The highest BCUT2D eigenvalue weighted by Gasteiger charge is 1.86. The summed E-state index contributed by atoms with van der Waals surface area (Å²) in [4.78, 5) is 0. The van der Waals surface area contributed by atoms with Gasteiger partial charge >= 0.3 is 0 Å². The second-order valence-corrected chi connectivity index (χ2v) is 1.13. The fourth-order valence-electron chi connectivity index (χ4n) is 0.318. The standard InChI is InChI=1S/C4H6N2.C2H6/c1-4-2-3-5-6-4;1-2/h2-3,5-6H,1H2;1-2H3. The van der Waals surface area contributed by atoms with Crippen molar-refractivity contribution >= 4 is 0 Å². The Morgan fingerprint density at radius 2 is 2.12 bits per heavy atom. The summed E-state index contributed by atoms with van der Waals surface area (Å²) < 4.78 is 0. The second kappa shape index (κ2) is 4.24. The van der Waals surface area contributed by atoms with Crippen molar-refractivity contribution in [3.63, 3.8) is 0 Å². The van der Waals surface area contributed by atoms with E-state index in [-0.39, 0.29) is 0 Å². The van der Waals surface area contributed by atoms with Crippen LogP contribution < -0.4 is 10.9 Å². The van der Waals surface area contributed by atoms with E-state index in [1.54, 1.807) is 6.20 Å². The zero-order valence-electron chi connectivity index (χ0n) is 5.36. The number of hydrogen-bond donors (Lipinski definition) is 2. The van der Waals surface area contributed by atoms with E-state index in [2.05, 4.69) is 17.4 Å². The van der Waals surface area contributed by atoms with Crippen molar-refractivity contribution in [2.24, 2.45) is 0 Å². The van der Waals surface area contributed by atoms with Crippen LogP contribution in [0.3, 0.4) is 0 Å². The van der Waals surface area contributed by atoms with E-state index in [0.29, 0.717) is 0 Å². The van der Waals surface area contributed by atoms with Gasteiger partial charge in [0.1, 0.15) is 0 Å². The van der Waals surface area contributed by atoms with Crippen molar-refractivity contribution in [3.05, 3.63) is 24.6 Å². The lowest BCUT2D eigenvalue weighted by Crippen LogP contribution is -2.17. The van der Waals surface area contributed by atoms with Crippen LogP contribution in [0.1, 0.15) is 13.8 Å². The van der Waals surface area contributed by atoms with Gasteiger partial charge in [-0.15, -0.1) is 0 Å². The average Bonchev–Trinajstić information content (AvgIpc) is 2.24. The molecule has 0 aromatic heterocycles. The molecule has 1 aliphatic heterocycles. The molecule has 0 fully saturated rings. The Bertz CT molecular complexity index is 94.7. The van der Waals surface area contributed by atoms with E-state index in [1.165, 1.54) is 0 Å². The van der Waals surface area contributed by atoms with E-state index in [4.69, 9.17) is 0 Å². The molecule has 8 heavy (non-hydrogen) atoms. The molecule has 0 saturated heterocycles. The van der Waals surface area contributed by atoms with Crippen molar-refractivity contribution in [1.82, 2.24) is 10.9 Å². The largest absolute Gasteiger partial charge is 0.308 e. The van der Waals surface area contributed by atoms with E-state index in [0.717, 1.165) is 5.70 Å². The first-order valence-corrected chi connectivity index (χ1v) is 2.76. The molecule has 0 unspecified atom stereocenters. The van der Waals surface area contributed by atoms with Crippen LogP contribution >= 0.6 is 0 Å². The first kappa shape index (κ1) is 7.08. The third-order valence-electron chi connectivity index (χ3n) is 0.601. The van der Waals surface area contributed by atoms with Gasteiger partial charge in [-0.25, -0.2) is 0 Å². The molecule has 0 amide bonds. The van der Waals surface area contributed by atoms with E-state index < -0.39 is 0 Å². The van der Waals surface area contributed by atoms with Crippen molar-refractivity contribution in [3.8, 4) is 0 Å². The molecule has 0 radical (unpaired) electrons. The van der Waals surface area contributed by atoms with Crippen LogP contribution in [-0.2, 0) is 0 Å². The lowest BCUT2D eigenvalue weighted by atomic mass is 10.5. The number of hydrazine groups is 1. The Hall–Kier alpha value is -0.920. The van der Waals surface area contributed by atoms with Crippen LogP contribution in [0.2, 0.25) is 0 Å². The molecule has 0 aromatic rings. The molecule has 1 aliphatic rings. The fourth-order valence-corrected chi connectivity index (χ4v) is 0.318. The monoisotopic (exact) mass is 112 g/mol. The van der Waals surface area contributed by atoms with E-state index >= 15 is 0 Å². The van der Waals surface area contributed by atoms with Crippen LogP contribution in [0, 0.1) is 0 Å². The number of nitrogens with one attached hydrogen (secondary N) is 2. The van der Waals surface area contributed by atoms with Crippen LogP contribution in [0.15, 0.2) is 24.6 Å². The topological polar surface area (TPSA) is 24.1 Å². The van der Waals surface area contributed by atoms with E-state index in [9.17, 15) is 0 Å². The van der Waals surface area contributed by atoms with Gasteiger partial charge in [0.15, 0.2) is 0 Å². The average molecular weight is 112 g/mol. The Balaban J connectivity index is 0.000000222. The molecule has 1 rings (SSSR count). The highest BCUT2D eigenvalue weighted by molar-refractivity contribution is 5.15. The Labute approximate surface area is 50.3 Å². The molecule has 0 spiro atoms. The summed E-state index contributed by atoms with van der Waals surface area (Å²) in [6.45, 7) is 7.59. The van der Waals surface area contributed by atoms with Crippen molar-refractivity contribution in [2.75, 3.05) is 0 Å². The maximum Gasteiger partial charge on any atom is 0.0482 e. The van der Waals surface area contributed by atoms with Gasteiger partial charge < -0.3 is 10.9 Å². The van der Waals surface area contributed by atoms with Gasteiger partial charge in [-0.05, 0) is 6.08 Å². The zero-order chi connectivity index (χ0) is 6.41. The smallest absolute Gasteiger partial charge is 0.0482 e. The quantitative estimate of drug-likeness (QED) is 0.491. The summed E-state index contributed by atoms with van der Waals surface area (Å²) in [7, 11) is 0. The molecule has 0 saturated carbocycles. The van der Waals surface area contributed by atoms with Crippen molar-refractivity contribution < 1.29 is 0 Å². The fraction of sp³-hybridized carbons (Fsp3) is 0.333. The van der Waals surface area contributed by atoms with Crippen molar-refractivity contribution in [1.29, 1.82) is 0 Å². The van der Waals surface area contributed by atoms with Gasteiger partial charge in [0.25, 0.3) is 0 Å². The minimum Gasteiger partial charge on any atom is -0.308 e. The van der Waals surface area contributed by atoms with E-state index in [1.807, 2.05) is 19.9 Å². The number of hydrogen-bond acceptors (Lipinski definition) is 2. The third kappa shape index (κ3) is 2.29. The van der Waals surface area contributed by atoms with Crippen LogP contribution in [0.4, 0.5) is 0 Å². The number of rotatable bonds is 0. The summed E-state index contributed by atoms with van der Waals surface area (Å²) in [5, 5.41) is 0. The van der Waals surface area contributed by atoms with Crippen LogP contribution in [0.5, 0.6) is 0 Å². The molecular weight excluding hydrogens is 100 g/mol. The predicted molar refractivity (Wildman–Crippen MR) is 35.9 cm³/mol. The van der Waals surface area contributed by atoms with Crippen molar-refractivity contribution in [2.45, 2.75) is 13.8 Å². The zero-order valence-corrected chi connectivity index (χ0v) is 5.36. The summed E-state index contributed by atoms with van der Waals surface area (Å²) in [5.74, 6) is 0. The lowest BCUT2D eigenvalue weighted by molar-refractivity contribution is 0.789. The minimum absolute atomic E-state index is 0.912. The molecule has 2 heteroatoms. The van der Waals surface area contributed by atoms with Gasteiger partial charge in [-0.1, -0.05) is 20.4 Å². The SMILES string of the molecule is C=C1C=CNN1.CC. The molecule has 2 N–H and O–H groups in total. The predicted octanol–water partition coefficient (Wildman–Crippen LogP) is 1.15. The maximum atomic E-state index is 3.59. The molecule has 0 aromatic carbocycles. The maximum absolute atomic E-state index is 3.59. The van der Waals surface area contributed by atoms with Gasteiger partial charge in [-0.3, -0.25) is 0 Å². The first-order valence-electron chi connectivity index (χ1n) is 2.76. The van der Waals surface area contributed by atoms with Gasteiger partial charge in [-0.2, -0.15) is 0 Å². The molecule has 2 nitrogen and oxygen atoms in total. The minimum atomic E-state index is 0.912. The second-order valence-electron chi connectivity index (χ2n) is 1.13. The van der Waals surface area contributed by atoms with Crippen LogP contribution in [0.25, 0.3) is 0 Å². The molecule has 0 atom stereocenters. The lowest BCUT2D eigenvalue weighted by Gasteiger charge is -1.90. The highest BCUT2D eigenvalue weighted by Crippen LogP contribution is 1.86. The summed E-state index contributed by atoms with van der Waals surface area (Å²) in [6.07, 6.45) is 3.66. The Kier molecular flexibility index (Phi) is 3.76. The Morgan fingerprint density at radius 1 is 1.50 bits per heavy atom. The molecule has 0 bridgehead atoms. The normalized spacial score (nSPS) is 13.5. The summed E-state index contributed by atoms with van der Waals surface area (Å²) >= 11 is 0. The van der Waals surface area contributed by atoms with Gasteiger partial charge in [0, 0.05) is 11.9 Å². The molecule has 0 aliphatic carbocycles. The molecule has 46 valence electrons.